The van der Waals surface area contributed by atoms with E-state index in [4.69, 9.17) is 11.6 Å². The highest BCUT2D eigenvalue weighted by Crippen LogP contribution is 2.26. The first-order valence-corrected chi connectivity index (χ1v) is 9.23. The minimum absolute atomic E-state index is 0.0218. The molecular weight excluding hydrogens is 364 g/mol. The van der Waals surface area contributed by atoms with E-state index in [1.165, 1.54) is 10.8 Å². The quantitative estimate of drug-likeness (QED) is 0.698. The number of fused-ring (bicyclic) bond motifs is 1. The molecule has 0 radical (unpaired) electrons. The van der Waals surface area contributed by atoms with Gasteiger partial charge in [-0.3, -0.25) is 14.2 Å². The Morgan fingerprint density at radius 2 is 1.70 bits per heavy atom. The van der Waals surface area contributed by atoms with Crippen molar-refractivity contribution in [3.8, 4) is 0 Å². The summed E-state index contributed by atoms with van der Waals surface area (Å²) in [5.74, 6) is -0.0627. The van der Waals surface area contributed by atoms with Gasteiger partial charge in [0.05, 0.1) is 27.9 Å². The van der Waals surface area contributed by atoms with E-state index in [9.17, 15) is 9.59 Å². The van der Waals surface area contributed by atoms with E-state index in [0.29, 0.717) is 42.2 Å². The third-order valence-electron chi connectivity index (χ3n) is 4.87. The van der Waals surface area contributed by atoms with Crippen LogP contribution in [0, 0.1) is 0 Å². The number of anilines is 1. The lowest BCUT2D eigenvalue weighted by atomic mass is 10.2. The maximum absolute atomic E-state index is 12.8. The lowest BCUT2D eigenvalue weighted by Gasteiger charge is -2.36. The van der Waals surface area contributed by atoms with Crippen LogP contribution in [0.5, 0.6) is 0 Å². The summed E-state index contributed by atoms with van der Waals surface area (Å²) in [4.78, 5) is 33.1. The lowest BCUT2D eigenvalue weighted by Crippen LogP contribution is -2.50. The van der Waals surface area contributed by atoms with Crippen LogP contribution >= 0.6 is 11.6 Å². The van der Waals surface area contributed by atoms with E-state index < -0.39 is 0 Å². The van der Waals surface area contributed by atoms with Crippen molar-refractivity contribution in [1.29, 1.82) is 0 Å². The maximum atomic E-state index is 12.8. The van der Waals surface area contributed by atoms with Gasteiger partial charge >= 0.3 is 0 Å². The Bertz CT molecular complexity index is 1040. The van der Waals surface area contributed by atoms with Crippen LogP contribution in [0.15, 0.2) is 59.5 Å². The molecule has 0 atom stereocenters. The molecule has 0 unspecified atom stereocenters. The van der Waals surface area contributed by atoms with Gasteiger partial charge in [-0.05, 0) is 24.3 Å². The number of carbonyl (C=O) groups is 1. The van der Waals surface area contributed by atoms with Gasteiger partial charge in [0.15, 0.2) is 0 Å². The molecule has 6 nitrogen and oxygen atoms in total. The number of benzene rings is 2. The molecule has 1 amide bonds. The molecule has 2 aromatic carbocycles. The van der Waals surface area contributed by atoms with Crippen molar-refractivity contribution < 1.29 is 4.79 Å². The molecule has 0 aliphatic carbocycles. The van der Waals surface area contributed by atoms with Gasteiger partial charge in [-0.2, -0.15) is 0 Å². The van der Waals surface area contributed by atoms with Gasteiger partial charge in [-0.25, -0.2) is 4.98 Å². The Labute approximate surface area is 161 Å². The fourth-order valence-corrected chi connectivity index (χ4v) is 3.67. The van der Waals surface area contributed by atoms with Crippen molar-refractivity contribution in [2.24, 2.45) is 0 Å². The predicted molar refractivity (Wildman–Crippen MR) is 106 cm³/mol. The summed E-state index contributed by atoms with van der Waals surface area (Å²) in [6.45, 7) is 2.64. The van der Waals surface area contributed by atoms with Crippen molar-refractivity contribution >= 4 is 34.2 Å². The Kier molecular flexibility index (Phi) is 4.81. The zero-order chi connectivity index (χ0) is 18.8. The summed E-state index contributed by atoms with van der Waals surface area (Å²) < 4.78 is 1.49. The summed E-state index contributed by atoms with van der Waals surface area (Å²) in [6.07, 6.45) is 1.27. The highest BCUT2D eigenvalue weighted by Gasteiger charge is 2.23. The molecule has 138 valence electrons. The number of piperazine rings is 1. The second-order valence-corrected chi connectivity index (χ2v) is 6.90. The van der Waals surface area contributed by atoms with E-state index in [2.05, 4.69) is 9.88 Å². The summed E-state index contributed by atoms with van der Waals surface area (Å²) in [5, 5.41) is 0.715. The Morgan fingerprint density at radius 3 is 2.48 bits per heavy atom. The average molecular weight is 383 g/mol. The van der Waals surface area contributed by atoms with Crippen LogP contribution < -0.4 is 10.5 Å². The number of aromatic nitrogens is 2. The minimum Gasteiger partial charge on any atom is -0.367 e. The van der Waals surface area contributed by atoms with Crippen LogP contribution in [0.3, 0.4) is 0 Å². The smallest absolute Gasteiger partial charge is 0.269 e. The van der Waals surface area contributed by atoms with Crippen LogP contribution in [0.1, 0.15) is 0 Å². The largest absolute Gasteiger partial charge is 0.367 e. The minimum atomic E-state index is -0.267. The molecule has 1 saturated heterocycles. The van der Waals surface area contributed by atoms with Gasteiger partial charge in [0.25, 0.3) is 5.56 Å². The van der Waals surface area contributed by atoms with Crippen LogP contribution in [0.4, 0.5) is 5.69 Å². The van der Waals surface area contributed by atoms with Gasteiger partial charge in [-0.1, -0.05) is 35.9 Å². The number of hydrogen-bond donors (Lipinski definition) is 0. The van der Waals surface area contributed by atoms with Gasteiger partial charge in [0, 0.05) is 26.2 Å². The lowest BCUT2D eigenvalue weighted by molar-refractivity contribution is -0.132. The maximum Gasteiger partial charge on any atom is 0.269 e. The van der Waals surface area contributed by atoms with E-state index in [-0.39, 0.29) is 18.0 Å². The van der Waals surface area contributed by atoms with Crippen molar-refractivity contribution in [3.63, 3.8) is 0 Å². The van der Waals surface area contributed by atoms with Crippen LogP contribution in [-0.4, -0.2) is 46.5 Å². The van der Waals surface area contributed by atoms with Crippen LogP contribution in [-0.2, 0) is 11.3 Å². The second kappa shape index (κ2) is 7.40. The summed E-state index contributed by atoms with van der Waals surface area (Å²) in [6, 6.07) is 15.1. The average Bonchev–Trinajstić information content (AvgIpc) is 2.70. The molecule has 27 heavy (non-hydrogen) atoms. The number of para-hydroxylation sites is 3. The fraction of sp³-hybridized carbons (Fsp3) is 0.250. The number of halogens is 1. The Hall–Kier alpha value is -2.86. The molecule has 3 aromatic rings. The number of nitrogens with zero attached hydrogens (tertiary/aromatic N) is 4. The molecular formula is C20H19ClN4O2. The first kappa shape index (κ1) is 17.5. The normalized spacial score (nSPS) is 14.6. The molecule has 4 rings (SSSR count). The molecule has 1 aliphatic heterocycles. The summed E-state index contributed by atoms with van der Waals surface area (Å²) in [5.41, 5.74) is 2.10. The first-order valence-electron chi connectivity index (χ1n) is 8.85. The van der Waals surface area contributed by atoms with Crippen molar-refractivity contribution in [3.05, 3.63) is 70.1 Å². The van der Waals surface area contributed by atoms with E-state index >= 15 is 0 Å². The number of hydrogen-bond acceptors (Lipinski definition) is 4. The number of amides is 1. The Morgan fingerprint density at radius 1 is 1.00 bits per heavy atom. The van der Waals surface area contributed by atoms with Crippen LogP contribution in [0.2, 0.25) is 5.02 Å². The molecule has 0 N–H and O–H groups in total. The Balaban J connectivity index is 1.47. The molecule has 0 spiro atoms. The highest BCUT2D eigenvalue weighted by atomic mass is 35.5. The van der Waals surface area contributed by atoms with Crippen LogP contribution in [0.25, 0.3) is 11.0 Å². The monoisotopic (exact) mass is 382 g/mol. The third kappa shape index (κ3) is 3.53. The van der Waals surface area contributed by atoms with Gasteiger partial charge in [-0.15, -0.1) is 0 Å². The molecule has 1 fully saturated rings. The standard InChI is InChI=1S/C20H19ClN4O2/c21-15-5-1-3-7-17(15)23-9-11-24(12-10-23)20(27)14-25-18-8-4-2-6-16(18)22-13-19(25)26/h1-8,13H,9-12,14H2. The number of carbonyl (C=O) groups excluding carboxylic acids is 1. The fourth-order valence-electron chi connectivity index (χ4n) is 3.42. The third-order valence-corrected chi connectivity index (χ3v) is 5.19. The van der Waals surface area contributed by atoms with Crippen molar-refractivity contribution in [1.82, 2.24) is 14.5 Å². The predicted octanol–water partition coefficient (Wildman–Crippen LogP) is 2.40. The molecule has 0 bridgehead atoms. The molecule has 2 heterocycles. The summed E-state index contributed by atoms with van der Waals surface area (Å²) >= 11 is 6.27. The van der Waals surface area contributed by atoms with Gasteiger partial charge in [0.2, 0.25) is 5.91 Å². The van der Waals surface area contributed by atoms with Gasteiger partial charge < -0.3 is 9.80 Å². The second-order valence-electron chi connectivity index (χ2n) is 6.49. The zero-order valence-corrected chi connectivity index (χ0v) is 15.5. The van der Waals surface area contributed by atoms with E-state index in [0.717, 1.165) is 5.69 Å². The molecule has 7 heteroatoms. The molecule has 1 aliphatic rings. The SMILES string of the molecule is O=C(Cn1c(=O)cnc2ccccc21)N1CCN(c2ccccc2Cl)CC1. The topological polar surface area (TPSA) is 58.4 Å². The first-order chi connectivity index (χ1) is 13.1. The van der Waals surface area contributed by atoms with E-state index in [1.54, 1.807) is 4.90 Å². The highest BCUT2D eigenvalue weighted by molar-refractivity contribution is 6.33. The molecule has 1 aromatic heterocycles. The van der Waals surface area contributed by atoms with Crippen molar-refractivity contribution in [2.75, 3.05) is 31.1 Å². The summed E-state index contributed by atoms with van der Waals surface area (Å²) in [7, 11) is 0. The molecule has 0 saturated carbocycles. The van der Waals surface area contributed by atoms with E-state index in [1.807, 2.05) is 48.5 Å². The zero-order valence-electron chi connectivity index (χ0n) is 14.7. The van der Waals surface area contributed by atoms with Crippen molar-refractivity contribution in [2.45, 2.75) is 6.54 Å². The number of rotatable bonds is 3. The van der Waals surface area contributed by atoms with Gasteiger partial charge in [0.1, 0.15) is 6.54 Å².